The molecule has 3 aliphatic rings. The lowest BCUT2D eigenvalue weighted by Gasteiger charge is -2.26. The summed E-state index contributed by atoms with van der Waals surface area (Å²) >= 11 is 0. The van der Waals surface area contributed by atoms with Crippen molar-refractivity contribution < 1.29 is 0 Å². The Bertz CT molecular complexity index is 130. The van der Waals surface area contributed by atoms with Crippen molar-refractivity contribution in [3.05, 3.63) is 0 Å². The molecule has 96 valence electrons. The first-order chi connectivity index (χ1) is 7.79. The van der Waals surface area contributed by atoms with Gasteiger partial charge in [0.2, 0.25) is 0 Å². The summed E-state index contributed by atoms with van der Waals surface area (Å²) in [7, 11) is 2.54. The summed E-state index contributed by atoms with van der Waals surface area (Å²) in [6.45, 7) is 4.99. The fourth-order valence-corrected chi connectivity index (χ4v) is 21.4. The van der Waals surface area contributed by atoms with Crippen molar-refractivity contribution in [1.82, 2.24) is 0 Å². The van der Waals surface area contributed by atoms with Gasteiger partial charge in [-0.3, -0.25) is 0 Å². The van der Waals surface area contributed by atoms with Crippen LogP contribution >= 0.6 is 0 Å². The molecule has 0 spiro atoms. The van der Waals surface area contributed by atoms with Crippen LogP contribution in [0.15, 0.2) is 0 Å². The summed E-state index contributed by atoms with van der Waals surface area (Å²) in [6, 6.07) is 3.35. The van der Waals surface area contributed by atoms with E-state index in [2.05, 4.69) is 13.1 Å². The van der Waals surface area contributed by atoms with E-state index in [-0.39, 0.29) is 17.6 Å². The van der Waals surface area contributed by atoms with Gasteiger partial charge in [-0.2, -0.15) is 0 Å². The van der Waals surface area contributed by atoms with Crippen molar-refractivity contribution in [3.8, 4) is 0 Å². The van der Waals surface area contributed by atoms with Crippen LogP contribution in [0.5, 0.6) is 0 Å². The quantitative estimate of drug-likeness (QED) is 0.543. The van der Waals surface area contributed by atoms with Gasteiger partial charge in [0.05, 0.1) is 0 Å². The summed E-state index contributed by atoms with van der Waals surface area (Å²) in [5, 5.41) is 0. The molecule has 0 aromatic rings. The molecule has 0 atom stereocenters. The highest BCUT2D eigenvalue weighted by Crippen LogP contribution is 2.18. The normalized spacial score (nSPS) is 37.9. The molecule has 0 bridgehead atoms. The second kappa shape index (κ2) is 10.2. The first-order valence-corrected chi connectivity index (χ1v) is 21.4. The third kappa shape index (κ3) is 8.40. The summed E-state index contributed by atoms with van der Waals surface area (Å²) in [4.78, 5) is 0. The number of rotatable bonds is 0. The Labute approximate surface area is 115 Å². The van der Waals surface area contributed by atoms with Gasteiger partial charge in [-0.1, -0.05) is 59.9 Å². The van der Waals surface area contributed by atoms with E-state index in [1.165, 1.54) is 0 Å². The Morgan fingerprint density at radius 1 is 0.688 bits per heavy atom. The zero-order valence-corrected chi connectivity index (χ0v) is 19.6. The van der Waals surface area contributed by atoms with E-state index in [1.807, 2.05) is 0 Å². The van der Waals surface area contributed by atoms with E-state index in [0.717, 1.165) is 0 Å². The predicted molar refractivity (Wildman–Crippen MR) is 98.5 cm³/mol. The highest BCUT2D eigenvalue weighted by molar-refractivity contribution is 6.94. The molecular formula is C10H32Si6. The van der Waals surface area contributed by atoms with Crippen molar-refractivity contribution in [3.63, 3.8) is 0 Å². The van der Waals surface area contributed by atoms with Gasteiger partial charge >= 0.3 is 0 Å². The first-order valence-electron chi connectivity index (χ1n) is 7.79. The molecule has 16 heavy (non-hydrogen) atoms. The van der Waals surface area contributed by atoms with Crippen LogP contribution in [-0.4, -0.2) is 55.7 Å². The third-order valence-electron chi connectivity index (χ3n) is 4.11. The Morgan fingerprint density at radius 2 is 1.06 bits per heavy atom. The summed E-state index contributed by atoms with van der Waals surface area (Å²) in [6.07, 6.45) is 1.62. The van der Waals surface area contributed by atoms with Gasteiger partial charge in [-0.25, -0.2) is 0 Å². The fraction of sp³-hybridized carbons (Fsp3) is 1.00. The van der Waals surface area contributed by atoms with Crippen molar-refractivity contribution in [1.29, 1.82) is 0 Å². The summed E-state index contributed by atoms with van der Waals surface area (Å²) < 4.78 is 0. The van der Waals surface area contributed by atoms with Crippen LogP contribution in [0.25, 0.3) is 0 Å². The molecule has 3 saturated heterocycles. The van der Waals surface area contributed by atoms with Crippen LogP contribution < -0.4 is 0 Å². The Kier molecular flexibility index (Phi) is 9.83. The van der Waals surface area contributed by atoms with Crippen LogP contribution in [0.2, 0.25) is 53.5 Å². The molecule has 0 aromatic carbocycles. The standard InChI is InChI=1S/2C4H12Si2.C2H8Si2/c1-5-3-6(2)4-5;1-2-5-4-6-3-1;1-3-2-4-1/h5-6H,3-4H2,1-2H3;1-6H2;1-4H2. The maximum atomic E-state index is 2.49. The van der Waals surface area contributed by atoms with E-state index in [4.69, 9.17) is 0 Å². The van der Waals surface area contributed by atoms with Gasteiger partial charge in [-0.15, -0.1) is 0 Å². The average molecular weight is 321 g/mol. The lowest BCUT2D eigenvalue weighted by atomic mass is 10.6. The van der Waals surface area contributed by atoms with Crippen LogP contribution in [0, 0.1) is 0 Å². The van der Waals surface area contributed by atoms with E-state index in [0.29, 0.717) is 38.1 Å². The first kappa shape index (κ1) is 15.4. The van der Waals surface area contributed by atoms with E-state index in [9.17, 15) is 0 Å². The number of hydrogen-bond donors (Lipinski definition) is 0. The zero-order chi connectivity index (χ0) is 11.6. The third-order valence-corrected chi connectivity index (χ3v) is 31.0. The van der Waals surface area contributed by atoms with Gasteiger partial charge in [0.15, 0.2) is 0 Å². The molecule has 3 aliphatic heterocycles. The fourth-order valence-electron chi connectivity index (χ4n) is 2.62. The largest absolute Gasteiger partial charge is 0.0725 e. The Hall–Kier alpha value is 1.30. The van der Waals surface area contributed by atoms with Crippen LogP contribution in [0.3, 0.4) is 0 Å². The summed E-state index contributed by atoms with van der Waals surface area (Å²) in [5.41, 5.74) is 8.83. The second-order valence-electron chi connectivity index (χ2n) is 6.22. The van der Waals surface area contributed by atoms with Crippen molar-refractivity contribution in [2.75, 3.05) is 0 Å². The van der Waals surface area contributed by atoms with E-state index < -0.39 is 0 Å². The smallest absolute Gasteiger partial charge is 0.0278 e. The average Bonchev–Trinajstić information content (AvgIpc) is 2.17. The van der Waals surface area contributed by atoms with Gasteiger partial charge in [0, 0.05) is 55.7 Å². The SMILES string of the molecule is C1C[SiH2]C[SiH2]C1.C1[SiH2]C[SiH2]1.C[SiH]1C[SiH](C)C1. The van der Waals surface area contributed by atoms with Crippen molar-refractivity contribution in [2.45, 2.75) is 59.9 Å². The maximum absolute atomic E-state index is 2.49. The van der Waals surface area contributed by atoms with Crippen LogP contribution in [-0.2, 0) is 0 Å². The highest BCUT2D eigenvalue weighted by atomic mass is 28.4. The van der Waals surface area contributed by atoms with Crippen LogP contribution in [0.1, 0.15) is 6.42 Å². The minimum Gasteiger partial charge on any atom is -0.0725 e. The molecule has 0 unspecified atom stereocenters. The zero-order valence-electron chi connectivity index (χ0n) is 11.6. The van der Waals surface area contributed by atoms with Gasteiger partial charge in [-0.05, 0) is 0 Å². The maximum Gasteiger partial charge on any atom is 0.0278 e. The molecule has 3 rings (SSSR count). The molecule has 3 heterocycles. The molecule has 0 saturated carbocycles. The minimum absolute atomic E-state index is 0.0347. The van der Waals surface area contributed by atoms with E-state index >= 15 is 0 Å². The molecule has 0 aromatic heterocycles. The number of hydrogen-bond acceptors (Lipinski definition) is 0. The van der Waals surface area contributed by atoms with E-state index in [1.54, 1.807) is 46.8 Å². The molecule has 0 radical (unpaired) electrons. The second-order valence-corrected chi connectivity index (χ2v) is 27.1. The lowest BCUT2D eigenvalue weighted by molar-refractivity contribution is 1.04. The lowest BCUT2D eigenvalue weighted by Crippen LogP contribution is -2.34. The monoisotopic (exact) mass is 320 g/mol. The molecule has 6 heteroatoms. The molecule has 0 aliphatic carbocycles. The van der Waals surface area contributed by atoms with Gasteiger partial charge in [0.25, 0.3) is 0 Å². The molecular weight excluding hydrogens is 289 g/mol. The molecule has 0 N–H and O–H groups in total. The Balaban J connectivity index is 0.000000123. The van der Waals surface area contributed by atoms with Gasteiger partial charge < -0.3 is 0 Å². The Morgan fingerprint density at radius 3 is 1.12 bits per heavy atom. The van der Waals surface area contributed by atoms with Crippen molar-refractivity contribution in [2.24, 2.45) is 0 Å². The minimum atomic E-state index is 0.0347. The molecule has 0 nitrogen and oxygen atoms in total. The highest BCUT2D eigenvalue weighted by Gasteiger charge is 2.22. The van der Waals surface area contributed by atoms with Crippen molar-refractivity contribution >= 4 is 55.7 Å². The molecule has 3 fully saturated rings. The van der Waals surface area contributed by atoms with Gasteiger partial charge in [0.1, 0.15) is 0 Å². The summed E-state index contributed by atoms with van der Waals surface area (Å²) in [5.74, 6) is 0. The molecule has 0 amide bonds. The predicted octanol–water partition coefficient (Wildman–Crippen LogP) is -0.179. The topological polar surface area (TPSA) is 0 Å². The van der Waals surface area contributed by atoms with Crippen LogP contribution in [0.4, 0.5) is 0 Å².